The minimum Gasteiger partial charge on any atom is -0.445 e. The van der Waals surface area contributed by atoms with Crippen LogP contribution in [0.15, 0.2) is 42.5 Å². The molecular formula is C18H23NO3. The highest BCUT2D eigenvalue weighted by Crippen LogP contribution is 2.41. The summed E-state index contributed by atoms with van der Waals surface area (Å²) in [7, 11) is 0. The average molecular weight is 301 g/mol. The lowest BCUT2D eigenvalue weighted by Crippen LogP contribution is -2.42. The number of fused-ring (bicyclic) bond motifs is 1. The molecule has 1 aliphatic heterocycles. The molecule has 2 aliphatic rings. The molecule has 4 nitrogen and oxygen atoms in total. The van der Waals surface area contributed by atoms with Gasteiger partial charge in [0.25, 0.3) is 0 Å². The molecule has 4 atom stereocenters. The Hall–Kier alpha value is -1.81. The molecule has 1 fully saturated rings. The Balaban J connectivity index is 1.65. The predicted molar refractivity (Wildman–Crippen MR) is 84.1 cm³/mol. The minimum absolute atomic E-state index is 0.000215. The molecule has 4 heteroatoms. The topological polar surface area (TPSA) is 49.8 Å². The van der Waals surface area contributed by atoms with Crippen molar-refractivity contribution in [2.75, 3.05) is 13.2 Å². The molecule has 22 heavy (non-hydrogen) atoms. The third kappa shape index (κ3) is 2.88. The Morgan fingerprint density at radius 1 is 1.36 bits per heavy atom. The molecular weight excluding hydrogens is 278 g/mol. The van der Waals surface area contributed by atoms with Crippen LogP contribution in [0.2, 0.25) is 0 Å². The van der Waals surface area contributed by atoms with Gasteiger partial charge in [-0.05, 0) is 29.7 Å². The highest BCUT2D eigenvalue weighted by atomic mass is 16.6. The average Bonchev–Trinajstić information content (AvgIpc) is 2.93. The molecule has 118 valence electrons. The van der Waals surface area contributed by atoms with E-state index >= 15 is 0 Å². The van der Waals surface area contributed by atoms with Crippen LogP contribution in [-0.4, -0.2) is 35.3 Å². The second kappa shape index (κ2) is 6.53. The van der Waals surface area contributed by atoms with Gasteiger partial charge in [-0.1, -0.05) is 49.4 Å². The summed E-state index contributed by atoms with van der Waals surface area (Å²) in [5.41, 5.74) is 0.975. The molecule has 1 saturated heterocycles. The largest absolute Gasteiger partial charge is 0.445 e. The van der Waals surface area contributed by atoms with Gasteiger partial charge in [-0.15, -0.1) is 0 Å². The fraction of sp³-hybridized carbons (Fsp3) is 0.500. The van der Waals surface area contributed by atoms with Crippen LogP contribution in [0.1, 0.15) is 18.9 Å². The zero-order chi connectivity index (χ0) is 15.5. The number of allylic oxidation sites excluding steroid dienone is 2. The SMILES string of the molecule is CC1C=CC[C@H]2CN(C(=O)OCc3ccccc3)[C@H](CO)[C@@H]12. The summed E-state index contributed by atoms with van der Waals surface area (Å²) in [6.45, 7) is 3.12. The summed E-state index contributed by atoms with van der Waals surface area (Å²) in [5, 5.41) is 9.75. The summed E-state index contributed by atoms with van der Waals surface area (Å²) < 4.78 is 5.44. The number of aliphatic hydroxyl groups excluding tert-OH is 1. The highest BCUT2D eigenvalue weighted by molar-refractivity contribution is 5.68. The lowest BCUT2D eigenvalue weighted by atomic mass is 9.76. The molecule has 1 aromatic carbocycles. The van der Waals surface area contributed by atoms with Crippen molar-refractivity contribution in [2.24, 2.45) is 17.8 Å². The van der Waals surface area contributed by atoms with Gasteiger partial charge in [0, 0.05) is 6.54 Å². The summed E-state index contributed by atoms with van der Waals surface area (Å²) >= 11 is 0. The normalized spacial score (nSPS) is 30.2. The van der Waals surface area contributed by atoms with E-state index in [2.05, 4.69) is 19.1 Å². The van der Waals surface area contributed by atoms with Crippen LogP contribution in [-0.2, 0) is 11.3 Å². The molecule has 1 heterocycles. The second-order valence-corrected chi connectivity index (χ2v) is 6.30. The van der Waals surface area contributed by atoms with Crippen molar-refractivity contribution >= 4 is 6.09 Å². The first-order chi connectivity index (χ1) is 10.7. The number of carbonyl (C=O) groups is 1. The number of amides is 1. The van der Waals surface area contributed by atoms with Crippen LogP contribution in [0, 0.1) is 17.8 Å². The lowest BCUT2D eigenvalue weighted by molar-refractivity contribution is 0.0692. The number of ether oxygens (including phenoxy) is 1. The van der Waals surface area contributed by atoms with Gasteiger partial charge in [-0.25, -0.2) is 4.79 Å². The maximum absolute atomic E-state index is 12.4. The van der Waals surface area contributed by atoms with Crippen LogP contribution in [0.5, 0.6) is 0 Å². The molecule has 0 saturated carbocycles. The first kappa shape index (κ1) is 15.1. The summed E-state index contributed by atoms with van der Waals surface area (Å²) in [5.74, 6) is 1.16. The van der Waals surface area contributed by atoms with Crippen LogP contribution in [0.25, 0.3) is 0 Å². The van der Waals surface area contributed by atoms with Crippen molar-refractivity contribution in [1.29, 1.82) is 0 Å². The van der Waals surface area contributed by atoms with E-state index in [0.29, 0.717) is 24.3 Å². The predicted octanol–water partition coefficient (Wildman–Crippen LogP) is 2.83. The number of nitrogens with zero attached hydrogens (tertiary/aromatic N) is 1. The number of carbonyl (C=O) groups excluding carboxylic acids is 1. The van der Waals surface area contributed by atoms with E-state index in [1.165, 1.54) is 0 Å². The molecule has 3 rings (SSSR count). The van der Waals surface area contributed by atoms with E-state index in [0.717, 1.165) is 12.0 Å². The van der Waals surface area contributed by atoms with Gasteiger partial charge in [0.2, 0.25) is 0 Å². The zero-order valence-corrected chi connectivity index (χ0v) is 12.9. The first-order valence-electron chi connectivity index (χ1n) is 7.95. The van der Waals surface area contributed by atoms with Gasteiger partial charge in [0.15, 0.2) is 0 Å². The minimum atomic E-state index is -0.315. The van der Waals surface area contributed by atoms with Crippen molar-refractivity contribution in [3.05, 3.63) is 48.0 Å². The van der Waals surface area contributed by atoms with Gasteiger partial charge in [-0.2, -0.15) is 0 Å². The van der Waals surface area contributed by atoms with Crippen LogP contribution >= 0.6 is 0 Å². The third-order valence-corrected chi connectivity index (χ3v) is 4.93. The number of hydrogen-bond donors (Lipinski definition) is 1. The van der Waals surface area contributed by atoms with Gasteiger partial charge in [-0.3, -0.25) is 0 Å². The fourth-order valence-corrected chi connectivity index (χ4v) is 3.87. The van der Waals surface area contributed by atoms with Crippen molar-refractivity contribution < 1.29 is 14.6 Å². The van der Waals surface area contributed by atoms with E-state index in [1.807, 2.05) is 30.3 Å². The monoisotopic (exact) mass is 301 g/mol. The van der Waals surface area contributed by atoms with Crippen LogP contribution < -0.4 is 0 Å². The Labute approximate surface area is 131 Å². The fourth-order valence-electron chi connectivity index (χ4n) is 3.87. The molecule has 0 spiro atoms. The van der Waals surface area contributed by atoms with Gasteiger partial charge < -0.3 is 14.7 Å². The molecule has 1 amide bonds. The smallest absolute Gasteiger partial charge is 0.410 e. The third-order valence-electron chi connectivity index (χ3n) is 4.93. The molecule has 1 unspecified atom stereocenters. The zero-order valence-electron chi connectivity index (χ0n) is 12.9. The molecule has 1 aliphatic carbocycles. The van der Waals surface area contributed by atoms with E-state index in [-0.39, 0.29) is 25.3 Å². The maximum Gasteiger partial charge on any atom is 0.410 e. The van der Waals surface area contributed by atoms with E-state index in [1.54, 1.807) is 4.90 Å². The van der Waals surface area contributed by atoms with E-state index in [9.17, 15) is 9.90 Å². The van der Waals surface area contributed by atoms with Gasteiger partial charge >= 0.3 is 6.09 Å². The first-order valence-corrected chi connectivity index (χ1v) is 7.95. The highest BCUT2D eigenvalue weighted by Gasteiger charge is 2.46. The van der Waals surface area contributed by atoms with Gasteiger partial charge in [0.1, 0.15) is 6.61 Å². The molecule has 1 N–H and O–H groups in total. The molecule has 0 radical (unpaired) electrons. The number of benzene rings is 1. The summed E-state index contributed by atoms with van der Waals surface area (Å²) in [4.78, 5) is 14.1. The van der Waals surface area contributed by atoms with E-state index in [4.69, 9.17) is 4.74 Å². The Morgan fingerprint density at radius 2 is 2.14 bits per heavy atom. The quantitative estimate of drug-likeness (QED) is 0.873. The van der Waals surface area contributed by atoms with Crippen molar-refractivity contribution in [3.63, 3.8) is 0 Å². The van der Waals surface area contributed by atoms with Crippen molar-refractivity contribution in [3.8, 4) is 0 Å². The number of aliphatic hydroxyl groups is 1. The Morgan fingerprint density at radius 3 is 2.86 bits per heavy atom. The Bertz CT molecular complexity index is 543. The van der Waals surface area contributed by atoms with E-state index < -0.39 is 0 Å². The molecule has 1 aromatic rings. The van der Waals surface area contributed by atoms with Crippen LogP contribution in [0.3, 0.4) is 0 Å². The molecule has 0 aromatic heterocycles. The standard InChI is InChI=1S/C18H23NO3/c1-13-6-5-9-15-10-19(16(11-20)17(13)15)18(21)22-12-14-7-3-2-4-8-14/h2-8,13,15-17,20H,9-12H2,1H3/t13?,15-,16+,17-/m0/s1. The van der Waals surface area contributed by atoms with Crippen molar-refractivity contribution in [2.45, 2.75) is 26.0 Å². The number of likely N-dealkylation sites (tertiary alicyclic amines) is 1. The van der Waals surface area contributed by atoms with Crippen molar-refractivity contribution in [1.82, 2.24) is 4.90 Å². The number of rotatable bonds is 3. The van der Waals surface area contributed by atoms with Crippen LogP contribution in [0.4, 0.5) is 4.79 Å². The Kier molecular flexibility index (Phi) is 4.48. The lowest BCUT2D eigenvalue weighted by Gasteiger charge is -2.31. The summed E-state index contributed by atoms with van der Waals surface area (Å²) in [6.07, 6.45) is 5.06. The summed E-state index contributed by atoms with van der Waals surface area (Å²) in [6, 6.07) is 9.54. The number of hydrogen-bond acceptors (Lipinski definition) is 3. The second-order valence-electron chi connectivity index (χ2n) is 6.30. The van der Waals surface area contributed by atoms with Gasteiger partial charge in [0.05, 0.1) is 12.6 Å². The maximum atomic E-state index is 12.4. The molecule has 0 bridgehead atoms.